The number of nitrogens with one attached hydrogen (secondary N) is 1. The number of aromatic nitrogens is 1. The van der Waals surface area contributed by atoms with Gasteiger partial charge in [-0.3, -0.25) is 4.79 Å². The Morgan fingerprint density at radius 1 is 1.45 bits per heavy atom. The van der Waals surface area contributed by atoms with E-state index in [1.54, 1.807) is 6.07 Å². The fraction of sp³-hybridized carbons (Fsp3) is 0.143. The van der Waals surface area contributed by atoms with Crippen molar-refractivity contribution in [2.75, 3.05) is 6.54 Å². The zero-order valence-corrected chi connectivity index (χ0v) is 10.5. The number of amides is 1. The minimum absolute atomic E-state index is 0.0719. The summed E-state index contributed by atoms with van der Waals surface area (Å²) >= 11 is 0. The van der Waals surface area contributed by atoms with Crippen LogP contribution in [0.2, 0.25) is 0 Å². The molecule has 0 saturated carbocycles. The quantitative estimate of drug-likeness (QED) is 0.819. The third-order valence-corrected chi connectivity index (χ3v) is 2.47. The first kappa shape index (κ1) is 13.8. The van der Waals surface area contributed by atoms with Gasteiger partial charge in [0, 0.05) is 11.6 Å². The number of carbonyl (C=O) groups excluding carboxylic acids is 1. The third kappa shape index (κ3) is 3.43. The van der Waals surface area contributed by atoms with Gasteiger partial charge in [0.15, 0.2) is 0 Å². The van der Waals surface area contributed by atoms with Gasteiger partial charge < -0.3 is 15.6 Å². The van der Waals surface area contributed by atoms with Gasteiger partial charge in [-0.2, -0.15) is 0 Å². The summed E-state index contributed by atoms with van der Waals surface area (Å²) in [4.78, 5) is 11.9. The van der Waals surface area contributed by atoms with E-state index >= 15 is 0 Å². The van der Waals surface area contributed by atoms with Crippen LogP contribution < -0.4 is 11.1 Å². The Hall–Kier alpha value is -2.65. The lowest BCUT2D eigenvalue weighted by atomic mass is 10.1. The molecule has 2 aromatic rings. The molecule has 102 valence electrons. The number of carbonyl (C=O) groups is 1. The summed E-state index contributed by atoms with van der Waals surface area (Å²) in [7, 11) is 0. The Labute approximate surface area is 114 Å². The molecule has 1 aromatic heterocycles. The van der Waals surface area contributed by atoms with Gasteiger partial charge in [-0.1, -0.05) is 17.0 Å². The van der Waals surface area contributed by atoms with E-state index in [2.05, 4.69) is 26.8 Å². The highest BCUT2D eigenvalue weighted by molar-refractivity contribution is 5.94. The first-order chi connectivity index (χ1) is 9.70. The Balaban J connectivity index is 2.12. The summed E-state index contributed by atoms with van der Waals surface area (Å²) in [5.74, 6) is 4.24. The van der Waals surface area contributed by atoms with Crippen LogP contribution in [0.3, 0.4) is 0 Å². The van der Waals surface area contributed by atoms with Crippen molar-refractivity contribution in [1.29, 1.82) is 0 Å². The van der Waals surface area contributed by atoms with E-state index in [1.807, 2.05) is 0 Å². The number of benzene rings is 1. The second kappa shape index (κ2) is 6.50. The van der Waals surface area contributed by atoms with Crippen LogP contribution in [0, 0.1) is 17.7 Å². The van der Waals surface area contributed by atoms with Crippen LogP contribution in [-0.2, 0) is 6.54 Å². The van der Waals surface area contributed by atoms with Crippen LogP contribution in [0.15, 0.2) is 35.1 Å². The highest BCUT2D eigenvalue weighted by Gasteiger charge is 2.12. The van der Waals surface area contributed by atoms with E-state index in [4.69, 9.17) is 5.73 Å². The molecule has 20 heavy (non-hydrogen) atoms. The van der Waals surface area contributed by atoms with Gasteiger partial charge in [-0.15, -0.1) is 0 Å². The maximum Gasteiger partial charge on any atom is 0.254 e. The zero-order valence-electron chi connectivity index (χ0n) is 10.5. The van der Waals surface area contributed by atoms with Gasteiger partial charge in [0.25, 0.3) is 5.91 Å². The first-order valence-corrected chi connectivity index (χ1v) is 5.86. The lowest BCUT2D eigenvalue weighted by Crippen LogP contribution is -2.24. The van der Waals surface area contributed by atoms with Crippen molar-refractivity contribution in [3.8, 4) is 11.8 Å². The molecule has 3 N–H and O–H groups in total. The second-order valence-electron chi connectivity index (χ2n) is 3.87. The zero-order chi connectivity index (χ0) is 14.4. The first-order valence-electron chi connectivity index (χ1n) is 5.86. The van der Waals surface area contributed by atoms with Gasteiger partial charge in [0.1, 0.15) is 17.8 Å². The van der Waals surface area contributed by atoms with Crippen LogP contribution in [0.4, 0.5) is 4.39 Å². The second-order valence-corrected chi connectivity index (χ2v) is 3.87. The fourth-order valence-corrected chi connectivity index (χ4v) is 1.52. The SMILES string of the molecule is NCC#Cc1ccc(F)c(C(=O)NCc2ccon2)c1. The number of halogens is 1. The summed E-state index contributed by atoms with van der Waals surface area (Å²) in [6, 6.07) is 5.69. The number of hydrogen-bond donors (Lipinski definition) is 2. The topological polar surface area (TPSA) is 81.2 Å². The van der Waals surface area contributed by atoms with Crippen molar-refractivity contribution >= 4 is 5.91 Å². The molecule has 5 nitrogen and oxygen atoms in total. The van der Waals surface area contributed by atoms with E-state index in [-0.39, 0.29) is 18.7 Å². The van der Waals surface area contributed by atoms with Crippen LogP contribution in [0.1, 0.15) is 21.6 Å². The number of rotatable bonds is 3. The van der Waals surface area contributed by atoms with Crippen molar-refractivity contribution < 1.29 is 13.7 Å². The number of nitrogens with zero attached hydrogens (tertiary/aromatic N) is 1. The van der Waals surface area contributed by atoms with Gasteiger partial charge in [-0.05, 0) is 18.2 Å². The van der Waals surface area contributed by atoms with Crippen molar-refractivity contribution in [3.05, 3.63) is 53.2 Å². The minimum atomic E-state index is -0.610. The summed E-state index contributed by atoms with van der Waals surface area (Å²) in [6.45, 7) is 0.360. The molecule has 0 fully saturated rings. The average molecular weight is 273 g/mol. The molecule has 0 aliphatic carbocycles. The lowest BCUT2D eigenvalue weighted by Gasteiger charge is -2.05. The predicted octanol–water partition coefficient (Wildman–Crippen LogP) is 1.05. The Kier molecular flexibility index (Phi) is 4.47. The van der Waals surface area contributed by atoms with E-state index < -0.39 is 11.7 Å². The fourth-order valence-electron chi connectivity index (χ4n) is 1.52. The molecule has 0 spiro atoms. The summed E-state index contributed by atoms with van der Waals surface area (Å²) < 4.78 is 18.3. The molecule has 6 heteroatoms. The average Bonchev–Trinajstić information content (AvgIpc) is 2.97. The van der Waals surface area contributed by atoms with Crippen LogP contribution in [0.25, 0.3) is 0 Å². The minimum Gasteiger partial charge on any atom is -0.364 e. The smallest absolute Gasteiger partial charge is 0.254 e. The Morgan fingerprint density at radius 3 is 3.00 bits per heavy atom. The number of hydrogen-bond acceptors (Lipinski definition) is 4. The molecule has 0 radical (unpaired) electrons. The van der Waals surface area contributed by atoms with Crippen molar-refractivity contribution in [2.45, 2.75) is 6.54 Å². The Bertz CT molecular complexity index is 657. The third-order valence-electron chi connectivity index (χ3n) is 2.47. The van der Waals surface area contributed by atoms with Crippen LogP contribution in [0.5, 0.6) is 0 Å². The molecular weight excluding hydrogens is 261 g/mol. The van der Waals surface area contributed by atoms with E-state index in [0.717, 1.165) is 0 Å². The van der Waals surface area contributed by atoms with Crippen molar-refractivity contribution in [2.24, 2.45) is 5.73 Å². The standard InChI is InChI=1S/C14H12FN3O2/c15-13-4-3-10(2-1-6-16)8-12(13)14(19)17-9-11-5-7-20-18-11/h3-5,7-8H,6,9,16H2,(H,17,19). The molecule has 1 aromatic carbocycles. The summed E-state index contributed by atoms with van der Waals surface area (Å²) in [5.41, 5.74) is 6.28. The predicted molar refractivity (Wildman–Crippen MR) is 70.0 cm³/mol. The van der Waals surface area contributed by atoms with Gasteiger partial charge in [-0.25, -0.2) is 4.39 Å². The lowest BCUT2D eigenvalue weighted by molar-refractivity contribution is 0.0946. The van der Waals surface area contributed by atoms with E-state index in [1.165, 1.54) is 24.5 Å². The molecular formula is C14H12FN3O2. The van der Waals surface area contributed by atoms with Gasteiger partial charge in [0.05, 0.1) is 18.7 Å². The Morgan fingerprint density at radius 2 is 2.30 bits per heavy atom. The molecule has 0 aliphatic heterocycles. The summed E-state index contributed by atoms with van der Waals surface area (Å²) in [5, 5.41) is 6.19. The molecule has 1 heterocycles. The highest BCUT2D eigenvalue weighted by Crippen LogP contribution is 2.10. The van der Waals surface area contributed by atoms with Crippen LogP contribution >= 0.6 is 0 Å². The van der Waals surface area contributed by atoms with E-state index in [0.29, 0.717) is 11.3 Å². The normalized spacial score (nSPS) is 9.70. The monoisotopic (exact) mass is 273 g/mol. The molecule has 0 bridgehead atoms. The van der Waals surface area contributed by atoms with Gasteiger partial charge in [0.2, 0.25) is 0 Å². The molecule has 0 unspecified atom stereocenters. The molecule has 1 amide bonds. The number of nitrogens with two attached hydrogens (primary N) is 1. The van der Waals surface area contributed by atoms with Crippen molar-refractivity contribution in [3.63, 3.8) is 0 Å². The molecule has 0 atom stereocenters. The highest BCUT2D eigenvalue weighted by atomic mass is 19.1. The molecule has 2 rings (SSSR count). The van der Waals surface area contributed by atoms with Crippen molar-refractivity contribution in [1.82, 2.24) is 10.5 Å². The molecule has 0 aliphatic rings. The van der Waals surface area contributed by atoms with E-state index in [9.17, 15) is 9.18 Å². The maximum atomic E-state index is 13.6. The summed E-state index contributed by atoms with van der Waals surface area (Å²) in [6.07, 6.45) is 1.39. The largest absolute Gasteiger partial charge is 0.364 e. The molecule has 0 saturated heterocycles. The maximum absolute atomic E-state index is 13.6. The van der Waals surface area contributed by atoms with Gasteiger partial charge >= 0.3 is 0 Å². The van der Waals surface area contributed by atoms with Crippen LogP contribution in [-0.4, -0.2) is 17.6 Å².